The van der Waals surface area contributed by atoms with Crippen molar-refractivity contribution >= 4 is 0 Å². The molecule has 104 valence electrons. The van der Waals surface area contributed by atoms with Gasteiger partial charge < -0.3 is 4.74 Å². The number of hydrogen-bond donors (Lipinski definition) is 0. The minimum absolute atomic E-state index is 0.365. The Kier molecular flexibility index (Phi) is 10.8. The molecule has 0 spiro atoms. The van der Waals surface area contributed by atoms with Crippen molar-refractivity contribution in [3.8, 4) is 0 Å². The van der Waals surface area contributed by atoms with Crippen LogP contribution in [-0.4, -0.2) is 37.7 Å². The molecule has 0 aromatic carbocycles. The average molecular weight is 251 g/mol. The zero-order valence-electron chi connectivity index (χ0n) is 12.4. The van der Waals surface area contributed by atoms with Gasteiger partial charge in [0.15, 0.2) is 0 Å². The minimum Gasteiger partial charge on any atom is -0.382 e. The summed E-state index contributed by atoms with van der Waals surface area (Å²) >= 11 is 0. The van der Waals surface area contributed by atoms with Crippen LogP contribution in [0.15, 0.2) is 30.5 Å². The van der Waals surface area contributed by atoms with Crippen LogP contribution in [0.2, 0.25) is 0 Å². The summed E-state index contributed by atoms with van der Waals surface area (Å²) in [6, 6.07) is 0. The Morgan fingerprint density at radius 1 is 1.50 bits per heavy atom. The molecule has 0 amide bonds. The first kappa shape index (κ1) is 17.2. The molecule has 0 rings (SSSR count). The maximum atomic E-state index is 5.26. The van der Waals surface area contributed by atoms with Gasteiger partial charge in [-0.25, -0.2) is 0 Å². The number of nitrogens with zero attached hydrogens (tertiary/aromatic N) is 1. The van der Waals surface area contributed by atoms with Crippen LogP contribution in [0.3, 0.4) is 0 Å². The highest BCUT2D eigenvalue weighted by molar-refractivity contribution is 4.99. The average Bonchev–Trinajstić information content (AvgIpc) is 2.37. The Balaban J connectivity index is 3.81. The van der Waals surface area contributed by atoms with Gasteiger partial charge in [-0.05, 0) is 51.8 Å². The summed E-state index contributed by atoms with van der Waals surface area (Å²) in [5.74, 6) is 0. The third kappa shape index (κ3) is 9.23. The summed E-state index contributed by atoms with van der Waals surface area (Å²) in [6.07, 6.45) is 6.68. The first-order chi connectivity index (χ1) is 8.63. The fraction of sp³-hybridized carbons (Fsp3) is 0.688. The summed E-state index contributed by atoms with van der Waals surface area (Å²) in [6.45, 7) is 15.2. The van der Waals surface area contributed by atoms with E-state index in [1.54, 1.807) is 7.11 Å². The van der Waals surface area contributed by atoms with E-state index in [9.17, 15) is 0 Å². The van der Waals surface area contributed by atoms with Crippen LogP contribution in [0.5, 0.6) is 0 Å². The Labute approximate surface area is 113 Å². The number of likely N-dealkylation sites (N-methyl/N-ethyl adjacent to an activating group) is 1. The molecule has 0 aliphatic rings. The third-order valence-corrected chi connectivity index (χ3v) is 3.17. The second-order valence-electron chi connectivity index (χ2n) is 4.75. The van der Waals surface area contributed by atoms with Gasteiger partial charge in [0.1, 0.15) is 0 Å². The summed E-state index contributed by atoms with van der Waals surface area (Å²) in [5.41, 5.74) is 4.09. The number of rotatable bonds is 11. The number of ether oxygens (including phenoxy) is 1. The molecule has 1 unspecified atom stereocenters. The van der Waals surface area contributed by atoms with Crippen molar-refractivity contribution < 1.29 is 4.74 Å². The highest BCUT2D eigenvalue weighted by atomic mass is 16.5. The van der Waals surface area contributed by atoms with E-state index < -0.39 is 0 Å². The van der Waals surface area contributed by atoms with Gasteiger partial charge >= 0.3 is 0 Å². The van der Waals surface area contributed by atoms with Gasteiger partial charge in [-0.3, -0.25) is 4.90 Å². The van der Waals surface area contributed by atoms with Crippen LogP contribution < -0.4 is 0 Å². The van der Waals surface area contributed by atoms with Gasteiger partial charge in [-0.15, -0.1) is 5.73 Å². The van der Waals surface area contributed by atoms with Crippen molar-refractivity contribution in [1.29, 1.82) is 0 Å². The van der Waals surface area contributed by atoms with E-state index in [1.165, 1.54) is 12.0 Å². The van der Waals surface area contributed by atoms with Crippen molar-refractivity contribution in [2.75, 3.05) is 26.7 Å². The summed E-state index contributed by atoms with van der Waals surface area (Å²) < 4.78 is 5.26. The topological polar surface area (TPSA) is 12.5 Å². The van der Waals surface area contributed by atoms with E-state index in [0.717, 1.165) is 38.9 Å². The number of hydrogen-bond acceptors (Lipinski definition) is 2. The Bertz CT molecular complexity index is 266. The molecule has 2 heteroatoms. The molecule has 18 heavy (non-hydrogen) atoms. The zero-order valence-corrected chi connectivity index (χ0v) is 12.4. The Morgan fingerprint density at radius 3 is 2.78 bits per heavy atom. The highest BCUT2D eigenvalue weighted by Gasteiger charge is 2.06. The molecule has 2 nitrogen and oxygen atoms in total. The van der Waals surface area contributed by atoms with E-state index in [4.69, 9.17) is 4.74 Å². The fourth-order valence-electron chi connectivity index (χ4n) is 1.84. The largest absolute Gasteiger partial charge is 0.382 e. The molecule has 0 saturated carbocycles. The van der Waals surface area contributed by atoms with E-state index in [1.807, 2.05) is 6.08 Å². The highest BCUT2D eigenvalue weighted by Crippen LogP contribution is 2.08. The lowest BCUT2D eigenvalue weighted by molar-refractivity contribution is 0.105. The molecule has 0 aromatic rings. The first-order valence-corrected chi connectivity index (χ1v) is 6.90. The second kappa shape index (κ2) is 11.3. The number of methoxy groups -OCH3 is 1. The molecule has 0 aliphatic carbocycles. The number of allylic oxidation sites excluding steroid dienone is 1. The van der Waals surface area contributed by atoms with Gasteiger partial charge in [0.2, 0.25) is 0 Å². The normalized spacial score (nSPS) is 12.2. The minimum atomic E-state index is 0.365. The van der Waals surface area contributed by atoms with Gasteiger partial charge in [0.25, 0.3) is 0 Å². The molecule has 0 N–H and O–H groups in total. The van der Waals surface area contributed by atoms with Crippen LogP contribution >= 0.6 is 0 Å². The molecular weight excluding hydrogens is 222 g/mol. The first-order valence-electron chi connectivity index (χ1n) is 6.90. The van der Waals surface area contributed by atoms with Crippen LogP contribution in [0, 0.1) is 0 Å². The maximum absolute atomic E-state index is 5.26. The smallest absolute Gasteiger partial charge is 0.0543 e. The fourth-order valence-corrected chi connectivity index (χ4v) is 1.84. The van der Waals surface area contributed by atoms with Crippen LogP contribution in [-0.2, 0) is 4.74 Å². The van der Waals surface area contributed by atoms with Crippen LogP contribution in [0.25, 0.3) is 0 Å². The van der Waals surface area contributed by atoms with Gasteiger partial charge in [0, 0.05) is 13.7 Å². The molecule has 0 saturated heterocycles. The van der Waals surface area contributed by atoms with Gasteiger partial charge in [-0.2, -0.15) is 0 Å². The van der Waals surface area contributed by atoms with E-state index >= 15 is 0 Å². The molecule has 1 atom stereocenters. The molecule has 0 aromatic heterocycles. The Hall–Kier alpha value is -0.820. The predicted molar refractivity (Wildman–Crippen MR) is 79.9 cm³/mol. The van der Waals surface area contributed by atoms with Crippen molar-refractivity contribution in [3.05, 3.63) is 30.5 Å². The monoisotopic (exact) mass is 251 g/mol. The zero-order chi connectivity index (χ0) is 13.8. The summed E-state index contributed by atoms with van der Waals surface area (Å²) in [5, 5.41) is 0. The molecule has 0 bridgehead atoms. The van der Waals surface area contributed by atoms with Crippen molar-refractivity contribution in [2.24, 2.45) is 0 Å². The summed E-state index contributed by atoms with van der Waals surface area (Å²) in [7, 11) is 1.78. The lowest BCUT2D eigenvalue weighted by Gasteiger charge is -2.22. The van der Waals surface area contributed by atoms with Crippen molar-refractivity contribution in [2.45, 2.75) is 45.6 Å². The molecule has 0 aliphatic heterocycles. The van der Waals surface area contributed by atoms with E-state index in [0.29, 0.717) is 6.10 Å². The molecule has 0 fully saturated rings. The van der Waals surface area contributed by atoms with Crippen LogP contribution in [0.4, 0.5) is 0 Å². The standard InChI is InChI=1S/C16H29NO/c1-6-8-9-11-15(3)14-17(7-2)13-10-12-16(4)18-5/h8,16H,1,3,7,9-14H2,2,4-5H3. The predicted octanol–water partition coefficient (Wildman–Crippen LogP) is 3.80. The SMILES string of the molecule is C=C=CCCC(=C)CN(CC)CCCC(C)OC. The maximum Gasteiger partial charge on any atom is 0.0543 e. The van der Waals surface area contributed by atoms with Crippen molar-refractivity contribution in [1.82, 2.24) is 4.90 Å². The van der Waals surface area contributed by atoms with E-state index in [-0.39, 0.29) is 0 Å². The molecule has 0 heterocycles. The lowest BCUT2D eigenvalue weighted by Crippen LogP contribution is -2.27. The van der Waals surface area contributed by atoms with E-state index in [2.05, 4.69) is 37.6 Å². The quantitative estimate of drug-likeness (QED) is 0.409. The van der Waals surface area contributed by atoms with Gasteiger partial charge in [-0.1, -0.05) is 25.7 Å². The molecule has 0 radical (unpaired) electrons. The van der Waals surface area contributed by atoms with Gasteiger partial charge in [0.05, 0.1) is 6.10 Å². The molecular formula is C16H29NO. The van der Waals surface area contributed by atoms with Crippen molar-refractivity contribution in [3.63, 3.8) is 0 Å². The summed E-state index contributed by atoms with van der Waals surface area (Å²) in [4.78, 5) is 2.45. The lowest BCUT2D eigenvalue weighted by atomic mass is 10.1. The Morgan fingerprint density at radius 2 is 2.22 bits per heavy atom. The second-order valence-corrected chi connectivity index (χ2v) is 4.75. The van der Waals surface area contributed by atoms with Crippen LogP contribution in [0.1, 0.15) is 39.5 Å². The third-order valence-electron chi connectivity index (χ3n) is 3.17.